The molecule has 0 aliphatic carbocycles. The number of pyridine rings is 1. The number of rotatable bonds is 5. The maximum atomic E-state index is 11.0. The van der Waals surface area contributed by atoms with Gasteiger partial charge in [-0.2, -0.15) is 16.8 Å². The van der Waals surface area contributed by atoms with Gasteiger partial charge in [0.25, 0.3) is 0 Å². The van der Waals surface area contributed by atoms with Crippen LogP contribution in [0.15, 0.2) is 12.3 Å². The summed E-state index contributed by atoms with van der Waals surface area (Å²) in [5, 5.41) is 0. The average molecular weight is 325 g/mol. The van der Waals surface area contributed by atoms with E-state index in [-0.39, 0.29) is 23.4 Å². The summed E-state index contributed by atoms with van der Waals surface area (Å²) in [5.74, 6) is -0.344. The fourth-order valence-electron chi connectivity index (χ4n) is 1.22. The van der Waals surface area contributed by atoms with E-state index in [0.717, 1.165) is 26.4 Å². The highest BCUT2D eigenvalue weighted by Gasteiger charge is 2.22. The van der Waals surface area contributed by atoms with Crippen molar-refractivity contribution in [2.24, 2.45) is 0 Å². The Morgan fingerprint density at radius 3 is 2.00 bits per heavy atom. The van der Waals surface area contributed by atoms with Gasteiger partial charge in [0.1, 0.15) is 5.82 Å². The number of hydrogen-bond donors (Lipinski definition) is 2. The number of anilines is 2. The second-order valence-electron chi connectivity index (χ2n) is 3.61. The van der Waals surface area contributed by atoms with Crippen LogP contribution < -0.4 is 8.61 Å². The quantitative estimate of drug-likeness (QED) is 0.537. The normalized spacial score (nSPS) is 12.0. The number of aromatic nitrogens is 1. The smallest absolute Gasteiger partial charge is 0.298 e. The van der Waals surface area contributed by atoms with E-state index in [1.54, 1.807) is 0 Å². The molecule has 0 radical (unpaired) electrons. The van der Waals surface area contributed by atoms with Gasteiger partial charge in [-0.1, -0.05) is 0 Å². The molecule has 1 aromatic heterocycles. The largest absolute Gasteiger partial charge is 0.360 e. The van der Waals surface area contributed by atoms with Crippen molar-refractivity contribution in [3.63, 3.8) is 0 Å². The van der Waals surface area contributed by atoms with Crippen LogP contribution in [0, 0.1) is 0 Å². The molecule has 0 fully saturated rings. The number of carbonyl (C=O) groups is 1. The summed E-state index contributed by atoms with van der Waals surface area (Å²) in [6.45, 7) is 0. The Kier molecular flexibility index (Phi) is 4.33. The van der Waals surface area contributed by atoms with Gasteiger partial charge >= 0.3 is 20.6 Å². The minimum absolute atomic E-state index is 0.197. The van der Waals surface area contributed by atoms with Gasteiger partial charge in [-0.05, 0) is 0 Å². The molecule has 0 saturated carbocycles. The van der Waals surface area contributed by atoms with Crippen LogP contribution in [-0.4, -0.2) is 51.3 Å². The van der Waals surface area contributed by atoms with Gasteiger partial charge < -0.3 is 0 Å². The third-order valence-corrected chi connectivity index (χ3v) is 4.15. The molecule has 12 heteroatoms. The van der Waals surface area contributed by atoms with Crippen LogP contribution in [0.2, 0.25) is 0 Å². The van der Waals surface area contributed by atoms with E-state index in [9.17, 15) is 21.6 Å². The third-order valence-electron chi connectivity index (χ3n) is 2.38. The zero-order valence-corrected chi connectivity index (χ0v) is 12.0. The third kappa shape index (κ3) is 3.41. The monoisotopic (exact) mass is 325 g/mol. The molecule has 0 aliphatic heterocycles. The molecule has 0 aliphatic rings. The highest BCUT2D eigenvalue weighted by molar-refractivity contribution is 7.87. The number of hydrogen-bond acceptors (Lipinski definition) is 6. The van der Waals surface area contributed by atoms with Crippen molar-refractivity contribution in [2.75, 3.05) is 22.7 Å². The zero-order chi connectivity index (χ0) is 15.7. The summed E-state index contributed by atoms with van der Waals surface area (Å²) >= 11 is 0. The molecule has 0 spiro atoms. The van der Waals surface area contributed by atoms with E-state index in [1.807, 2.05) is 0 Å². The van der Waals surface area contributed by atoms with Crippen LogP contribution in [0.1, 0.15) is 10.4 Å². The molecule has 1 heterocycles. The summed E-state index contributed by atoms with van der Waals surface area (Å²) in [6.07, 6.45) is 1.18. The molecule has 20 heavy (non-hydrogen) atoms. The van der Waals surface area contributed by atoms with Crippen molar-refractivity contribution in [3.05, 3.63) is 17.8 Å². The lowest BCUT2D eigenvalue weighted by molar-refractivity contribution is 0.112. The summed E-state index contributed by atoms with van der Waals surface area (Å²) in [6, 6.07) is 0.908. The molecule has 2 N–H and O–H groups in total. The van der Waals surface area contributed by atoms with Gasteiger partial charge in [0, 0.05) is 26.4 Å². The molecule has 0 aromatic carbocycles. The minimum atomic E-state index is -4.65. The molecule has 0 unspecified atom stereocenters. The highest BCUT2D eigenvalue weighted by atomic mass is 32.2. The average Bonchev–Trinajstić information content (AvgIpc) is 2.34. The van der Waals surface area contributed by atoms with Crippen molar-refractivity contribution < 1.29 is 30.7 Å². The standard InChI is InChI=1S/C8H11N3O7S2/c1-10(19(13,14)15)7-3-8(9-4-6(7)5-12)11(2)20(16,17)18/h3-5H,1-2H3,(H,13,14,15)(H,16,17,18). The summed E-state index contributed by atoms with van der Waals surface area (Å²) < 4.78 is 62.5. The topological polar surface area (TPSA) is 145 Å². The van der Waals surface area contributed by atoms with Crippen LogP contribution >= 0.6 is 0 Å². The fourth-order valence-corrected chi connectivity index (χ4v) is 1.97. The van der Waals surface area contributed by atoms with Crippen molar-refractivity contribution >= 4 is 38.4 Å². The second kappa shape index (κ2) is 5.32. The molecule has 10 nitrogen and oxygen atoms in total. The Morgan fingerprint density at radius 1 is 1.10 bits per heavy atom. The summed E-state index contributed by atoms with van der Waals surface area (Å²) in [4.78, 5) is 14.4. The molecule has 1 aromatic rings. The van der Waals surface area contributed by atoms with E-state index in [2.05, 4.69) is 4.98 Å². The Bertz CT molecular complexity index is 728. The van der Waals surface area contributed by atoms with Gasteiger partial charge in [0.15, 0.2) is 6.29 Å². The highest BCUT2D eigenvalue weighted by Crippen LogP contribution is 2.25. The molecule has 0 amide bonds. The first-order valence-corrected chi connectivity index (χ1v) is 7.65. The van der Waals surface area contributed by atoms with E-state index in [0.29, 0.717) is 8.61 Å². The van der Waals surface area contributed by atoms with Crippen molar-refractivity contribution in [3.8, 4) is 0 Å². The van der Waals surface area contributed by atoms with E-state index >= 15 is 0 Å². The van der Waals surface area contributed by atoms with Crippen LogP contribution in [0.5, 0.6) is 0 Å². The molecule has 1 rings (SSSR count). The first-order chi connectivity index (χ1) is 8.98. The lowest BCUT2D eigenvalue weighted by Crippen LogP contribution is -2.29. The van der Waals surface area contributed by atoms with E-state index in [4.69, 9.17) is 9.11 Å². The van der Waals surface area contributed by atoms with Crippen LogP contribution in [0.4, 0.5) is 11.5 Å². The maximum absolute atomic E-state index is 11.0. The Hall–Kier alpha value is -1.76. The van der Waals surface area contributed by atoms with Crippen molar-refractivity contribution in [1.29, 1.82) is 0 Å². The van der Waals surface area contributed by atoms with Gasteiger partial charge in [-0.25, -0.2) is 9.29 Å². The van der Waals surface area contributed by atoms with Crippen molar-refractivity contribution in [1.82, 2.24) is 4.98 Å². The zero-order valence-electron chi connectivity index (χ0n) is 10.3. The SMILES string of the molecule is CN(c1cc(N(C)S(=O)(=O)O)c(C=O)cn1)S(=O)(=O)O. The van der Waals surface area contributed by atoms with Crippen LogP contribution in [-0.2, 0) is 20.6 Å². The van der Waals surface area contributed by atoms with Gasteiger partial charge in [0.05, 0.1) is 11.3 Å². The van der Waals surface area contributed by atoms with Gasteiger partial charge in [-0.3, -0.25) is 18.2 Å². The fraction of sp³-hybridized carbons (Fsp3) is 0.250. The molecule has 112 valence electrons. The number of nitrogens with zero attached hydrogens (tertiary/aromatic N) is 3. The summed E-state index contributed by atoms with van der Waals surface area (Å²) in [5.41, 5.74) is -0.499. The predicted octanol–water partition coefficient (Wildman–Crippen LogP) is -0.628. The lowest BCUT2D eigenvalue weighted by Gasteiger charge is -2.20. The minimum Gasteiger partial charge on any atom is -0.298 e. The lowest BCUT2D eigenvalue weighted by atomic mass is 10.2. The summed E-state index contributed by atoms with van der Waals surface area (Å²) in [7, 11) is -7.33. The van der Waals surface area contributed by atoms with Crippen LogP contribution in [0.25, 0.3) is 0 Å². The second-order valence-corrected chi connectivity index (χ2v) is 6.50. The molecule has 0 atom stereocenters. The molecular formula is C8H11N3O7S2. The maximum Gasteiger partial charge on any atom is 0.360 e. The van der Waals surface area contributed by atoms with E-state index in [1.165, 1.54) is 0 Å². The Labute approximate surface area is 115 Å². The predicted molar refractivity (Wildman–Crippen MR) is 69.5 cm³/mol. The Balaban J connectivity index is 3.48. The first kappa shape index (κ1) is 16.3. The molecular weight excluding hydrogens is 314 g/mol. The van der Waals surface area contributed by atoms with Crippen molar-refractivity contribution in [2.45, 2.75) is 0 Å². The molecule has 0 saturated heterocycles. The number of carbonyl (C=O) groups excluding carboxylic acids is 1. The van der Waals surface area contributed by atoms with Gasteiger partial charge in [-0.15, -0.1) is 0 Å². The Morgan fingerprint density at radius 2 is 1.60 bits per heavy atom. The van der Waals surface area contributed by atoms with Gasteiger partial charge in [0.2, 0.25) is 0 Å². The number of aldehydes is 1. The first-order valence-electron chi connectivity index (χ1n) is 4.86. The molecule has 0 bridgehead atoms. The van der Waals surface area contributed by atoms with E-state index < -0.39 is 20.6 Å². The van der Waals surface area contributed by atoms with Crippen LogP contribution in [0.3, 0.4) is 0 Å².